The zero-order valence-corrected chi connectivity index (χ0v) is 11.7. The van der Waals surface area contributed by atoms with Crippen LogP contribution < -0.4 is 10.5 Å². The van der Waals surface area contributed by atoms with Gasteiger partial charge in [0.15, 0.2) is 0 Å². The van der Waals surface area contributed by atoms with Crippen molar-refractivity contribution in [3.63, 3.8) is 0 Å². The summed E-state index contributed by atoms with van der Waals surface area (Å²) in [6.45, 7) is 0. The molecule has 0 heterocycles. The van der Waals surface area contributed by atoms with Crippen LogP contribution in [0.1, 0.15) is 23.1 Å². The summed E-state index contributed by atoms with van der Waals surface area (Å²) < 4.78 is 5.83. The average Bonchev–Trinajstić information content (AvgIpc) is 2.88. The molecule has 0 fully saturated rings. The number of hydrogen-bond acceptors (Lipinski definition) is 2. The molecule has 4 heteroatoms. The Morgan fingerprint density at radius 1 is 1.10 bits per heavy atom. The number of benzene rings is 2. The van der Waals surface area contributed by atoms with Gasteiger partial charge in [-0.15, -0.1) is 0 Å². The molecule has 3 rings (SSSR count). The van der Waals surface area contributed by atoms with Gasteiger partial charge in [-0.2, -0.15) is 0 Å². The molecule has 102 valence electrons. The number of halogens is 1. The van der Waals surface area contributed by atoms with Crippen molar-refractivity contribution in [1.29, 1.82) is 5.41 Å². The van der Waals surface area contributed by atoms with E-state index in [1.165, 1.54) is 17.5 Å². The Morgan fingerprint density at radius 2 is 1.90 bits per heavy atom. The number of nitrogens with two attached hydrogens (primary N) is 1. The van der Waals surface area contributed by atoms with E-state index < -0.39 is 0 Å². The van der Waals surface area contributed by atoms with Crippen molar-refractivity contribution in [2.45, 2.75) is 19.3 Å². The first-order valence-electron chi connectivity index (χ1n) is 6.57. The van der Waals surface area contributed by atoms with Gasteiger partial charge in [-0.3, -0.25) is 5.41 Å². The van der Waals surface area contributed by atoms with Gasteiger partial charge in [-0.1, -0.05) is 17.7 Å². The van der Waals surface area contributed by atoms with Gasteiger partial charge in [0.2, 0.25) is 0 Å². The molecule has 1 aliphatic rings. The summed E-state index contributed by atoms with van der Waals surface area (Å²) in [4.78, 5) is 0. The summed E-state index contributed by atoms with van der Waals surface area (Å²) in [6.07, 6.45) is 3.49. The van der Waals surface area contributed by atoms with Gasteiger partial charge in [0.1, 0.15) is 17.3 Å². The summed E-state index contributed by atoms with van der Waals surface area (Å²) >= 11 is 6.16. The monoisotopic (exact) mass is 286 g/mol. The van der Waals surface area contributed by atoms with Gasteiger partial charge < -0.3 is 10.5 Å². The third-order valence-electron chi connectivity index (χ3n) is 3.54. The molecule has 20 heavy (non-hydrogen) atoms. The maximum atomic E-state index is 7.39. The van der Waals surface area contributed by atoms with E-state index in [1.54, 1.807) is 18.2 Å². The van der Waals surface area contributed by atoms with E-state index in [9.17, 15) is 0 Å². The first-order valence-corrected chi connectivity index (χ1v) is 6.95. The second-order valence-corrected chi connectivity index (χ2v) is 5.35. The molecule has 0 saturated carbocycles. The number of rotatable bonds is 3. The zero-order chi connectivity index (χ0) is 14.1. The highest BCUT2D eigenvalue weighted by molar-refractivity contribution is 6.32. The second-order valence-electron chi connectivity index (χ2n) is 4.95. The number of nitrogen functional groups attached to an aromatic ring is 1. The minimum absolute atomic E-state index is 0.00372. The average molecular weight is 287 g/mol. The minimum Gasteiger partial charge on any atom is -0.456 e. The molecule has 0 aromatic heterocycles. The van der Waals surface area contributed by atoms with Crippen molar-refractivity contribution < 1.29 is 4.74 Å². The van der Waals surface area contributed by atoms with Crippen LogP contribution in [-0.4, -0.2) is 5.84 Å². The molecule has 0 spiro atoms. The SMILES string of the molecule is N=C(N)c1ccc(Oc2ccc3c(c2)CCC3)c(Cl)c1. The molecule has 3 nitrogen and oxygen atoms in total. The Kier molecular flexibility index (Phi) is 3.36. The highest BCUT2D eigenvalue weighted by atomic mass is 35.5. The van der Waals surface area contributed by atoms with Gasteiger partial charge in [-0.05, 0) is 60.7 Å². The minimum atomic E-state index is -0.00372. The molecule has 0 aliphatic heterocycles. The van der Waals surface area contributed by atoms with Crippen LogP contribution in [0.4, 0.5) is 0 Å². The Hall–Kier alpha value is -2.00. The molecule has 0 amide bonds. The van der Waals surface area contributed by atoms with Gasteiger partial charge in [0.05, 0.1) is 5.02 Å². The maximum absolute atomic E-state index is 7.39. The van der Waals surface area contributed by atoms with E-state index in [0.29, 0.717) is 16.3 Å². The van der Waals surface area contributed by atoms with Crippen molar-refractivity contribution in [2.24, 2.45) is 5.73 Å². The number of ether oxygens (including phenoxy) is 1. The number of nitrogens with one attached hydrogen (secondary N) is 1. The third kappa shape index (κ3) is 2.49. The van der Waals surface area contributed by atoms with E-state index >= 15 is 0 Å². The van der Waals surface area contributed by atoms with E-state index in [4.69, 9.17) is 27.5 Å². The maximum Gasteiger partial charge on any atom is 0.146 e. The molecule has 2 aromatic rings. The molecular formula is C16H15ClN2O. The van der Waals surface area contributed by atoms with Crippen LogP contribution in [-0.2, 0) is 12.8 Å². The predicted octanol–water partition coefficient (Wildman–Crippen LogP) is 3.91. The van der Waals surface area contributed by atoms with Crippen molar-refractivity contribution >= 4 is 17.4 Å². The lowest BCUT2D eigenvalue weighted by molar-refractivity contribution is 0.482. The van der Waals surface area contributed by atoms with E-state index in [1.807, 2.05) is 6.07 Å². The Bertz CT molecular complexity index is 682. The molecule has 1 aliphatic carbocycles. The Labute approximate surface area is 122 Å². The molecule has 3 N–H and O–H groups in total. The largest absolute Gasteiger partial charge is 0.456 e. The Morgan fingerprint density at radius 3 is 2.65 bits per heavy atom. The van der Waals surface area contributed by atoms with Gasteiger partial charge in [0, 0.05) is 5.56 Å². The molecular weight excluding hydrogens is 272 g/mol. The Balaban J connectivity index is 1.86. The van der Waals surface area contributed by atoms with Crippen LogP contribution in [0.25, 0.3) is 0 Å². The van der Waals surface area contributed by atoms with E-state index in [2.05, 4.69) is 12.1 Å². The molecule has 2 aromatic carbocycles. The molecule has 0 unspecified atom stereocenters. The molecule has 0 saturated heterocycles. The predicted molar refractivity (Wildman–Crippen MR) is 81.0 cm³/mol. The van der Waals surface area contributed by atoms with Crippen LogP contribution >= 0.6 is 11.6 Å². The molecule has 0 atom stereocenters. The first kappa shape index (κ1) is 13.0. The summed E-state index contributed by atoms with van der Waals surface area (Å²) in [5.74, 6) is 1.37. The van der Waals surface area contributed by atoms with Crippen LogP contribution in [0, 0.1) is 5.41 Å². The van der Waals surface area contributed by atoms with Crippen molar-refractivity contribution in [3.8, 4) is 11.5 Å². The number of aryl methyl sites for hydroxylation is 2. The lowest BCUT2D eigenvalue weighted by atomic mass is 10.1. The number of hydrogen-bond donors (Lipinski definition) is 2. The van der Waals surface area contributed by atoms with Crippen LogP contribution in [0.2, 0.25) is 5.02 Å². The summed E-state index contributed by atoms with van der Waals surface area (Å²) in [5.41, 5.74) is 8.80. The highest BCUT2D eigenvalue weighted by Crippen LogP contribution is 2.32. The first-order chi connectivity index (χ1) is 9.63. The van der Waals surface area contributed by atoms with E-state index in [-0.39, 0.29) is 5.84 Å². The van der Waals surface area contributed by atoms with Gasteiger partial charge >= 0.3 is 0 Å². The molecule has 0 bridgehead atoms. The third-order valence-corrected chi connectivity index (χ3v) is 3.84. The fourth-order valence-electron chi connectivity index (χ4n) is 2.49. The second kappa shape index (κ2) is 5.17. The van der Waals surface area contributed by atoms with Crippen molar-refractivity contribution in [1.82, 2.24) is 0 Å². The number of fused-ring (bicyclic) bond motifs is 1. The summed E-state index contributed by atoms with van der Waals surface area (Å²) in [6, 6.07) is 11.3. The standard InChI is InChI=1S/C16H15ClN2O/c17-14-9-12(16(18)19)5-7-15(14)20-13-6-4-10-2-1-3-11(10)8-13/h4-9H,1-3H2,(H3,18,19). The highest BCUT2D eigenvalue weighted by Gasteiger charge is 2.12. The summed E-state index contributed by atoms with van der Waals surface area (Å²) in [7, 11) is 0. The topological polar surface area (TPSA) is 59.1 Å². The number of amidine groups is 1. The fraction of sp³-hybridized carbons (Fsp3) is 0.188. The smallest absolute Gasteiger partial charge is 0.146 e. The van der Waals surface area contributed by atoms with Crippen LogP contribution in [0.5, 0.6) is 11.5 Å². The summed E-state index contributed by atoms with van der Waals surface area (Å²) in [5, 5.41) is 7.84. The van der Waals surface area contributed by atoms with Crippen LogP contribution in [0.3, 0.4) is 0 Å². The fourth-order valence-corrected chi connectivity index (χ4v) is 2.71. The lowest BCUT2D eigenvalue weighted by Gasteiger charge is -2.10. The van der Waals surface area contributed by atoms with Crippen molar-refractivity contribution in [3.05, 3.63) is 58.1 Å². The van der Waals surface area contributed by atoms with Gasteiger partial charge in [-0.25, -0.2) is 0 Å². The zero-order valence-electron chi connectivity index (χ0n) is 10.9. The van der Waals surface area contributed by atoms with Gasteiger partial charge in [0.25, 0.3) is 0 Å². The normalized spacial score (nSPS) is 13.1. The van der Waals surface area contributed by atoms with Crippen molar-refractivity contribution in [2.75, 3.05) is 0 Å². The lowest BCUT2D eigenvalue weighted by Crippen LogP contribution is -2.10. The van der Waals surface area contributed by atoms with Crippen LogP contribution in [0.15, 0.2) is 36.4 Å². The van der Waals surface area contributed by atoms with E-state index in [0.717, 1.165) is 18.6 Å². The quantitative estimate of drug-likeness (QED) is 0.664. The molecule has 0 radical (unpaired) electrons.